The number of halogens is 1. The first-order valence-corrected chi connectivity index (χ1v) is 12.3. The molecule has 1 N–H and O–H groups in total. The van der Waals surface area contributed by atoms with Crippen LogP contribution in [0, 0.1) is 11.8 Å². The molecule has 1 aliphatic rings. The first-order valence-electron chi connectivity index (χ1n) is 11.1. The molecule has 0 unspecified atom stereocenters. The minimum Gasteiger partial charge on any atom is -0.497 e. The number of benzene rings is 1. The Bertz CT molecular complexity index is 866. The zero-order valence-corrected chi connectivity index (χ0v) is 19.2. The molecule has 3 rings (SSSR count). The van der Waals surface area contributed by atoms with E-state index in [9.17, 15) is 9.90 Å². The van der Waals surface area contributed by atoms with Crippen molar-refractivity contribution in [3.05, 3.63) is 36.0 Å². The molecule has 2 heterocycles. The Morgan fingerprint density at radius 1 is 1.42 bits per heavy atom. The van der Waals surface area contributed by atoms with Crippen molar-refractivity contribution in [2.24, 2.45) is 11.8 Å². The smallest absolute Gasteiger partial charge is 0.308 e. The van der Waals surface area contributed by atoms with Gasteiger partial charge >= 0.3 is 5.97 Å². The van der Waals surface area contributed by atoms with Crippen molar-refractivity contribution in [2.45, 2.75) is 38.8 Å². The van der Waals surface area contributed by atoms with Crippen LogP contribution in [0.3, 0.4) is 0 Å². The Morgan fingerprint density at radius 3 is 3.00 bits per heavy atom. The van der Waals surface area contributed by atoms with Gasteiger partial charge in [-0.3, -0.25) is 9.78 Å². The molecule has 0 bridgehead atoms. The zero-order chi connectivity index (χ0) is 22.2. The van der Waals surface area contributed by atoms with Gasteiger partial charge in [0.05, 0.1) is 18.5 Å². The second-order valence-electron chi connectivity index (χ2n) is 8.17. The fraction of sp³-hybridized carbons (Fsp3) is 0.583. The molecule has 2 aromatic rings. The number of nitrogens with zero attached hydrogens (tertiary/aromatic N) is 2. The summed E-state index contributed by atoms with van der Waals surface area (Å²) in [6, 6.07) is 7.19. The summed E-state index contributed by atoms with van der Waals surface area (Å²) in [6.07, 6.45) is 3.27. The van der Waals surface area contributed by atoms with E-state index in [4.69, 9.17) is 4.74 Å². The lowest BCUT2D eigenvalue weighted by atomic mass is 9.81. The van der Waals surface area contributed by atoms with Crippen LogP contribution in [-0.2, 0) is 4.79 Å². The van der Waals surface area contributed by atoms with E-state index in [-0.39, 0.29) is 5.92 Å². The number of rotatable bonds is 11. The third kappa shape index (κ3) is 6.32. The maximum Gasteiger partial charge on any atom is 0.308 e. The van der Waals surface area contributed by atoms with E-state index in [0.717, 1.165) is 48.3 Å². The lowest BCUT2D eigenvalue weighted by Gasteiger charge is -2.36. The molecule has 3 atom stereocenters. The van der Waals surface area contributed by atoms with Crippen LogP contribution in [-0.4, -0.2) is 59.2 Å². The average Bonchev–Trinajstić information content (AvgIpc) is 2.79. The molecule has 1 aromatic heterocycles. The average molecular weight is 449 g/mol. The third-order valence-electron chi connectivity index (χ3n) is 6.24. The Hall–Kier alpha value is -1.86. The SMILES string of the molecule is CCSCCCN1CC[C@@H](CC[C@@H](F)c2ccnc3ccc(OC)cc23)[C@@H](C(=O)O)C1. The Labute approximate surface area is 188 Å². The number of hydrogen-bond acceptors (Lipinski definition) is 5. The van der Waals surface area contributed by atoms with Gasteiger partial charge in [0.15, 0.2) is 0 Å². The first-order chi connectivity index (χ1) is 15.0. The van der Waals surface area contributed by atoms with Gasteiger partial charge in [0.25, 0.3) is 0 Å². The third-order valence-corrected chi connectivity index (χ3v) is 7.22. The molecule has 1 aliphatic heterocycles. The van der Waals surface area contributed by atoms with Crippen LogP contribution in [0.4, 0.5) is 4.39 Å². The van der Waals surface area contributed by atoms with Crippen molar-refractivity contribution in [2.75, 3.05) is 38.2 Å². The molecule has 1 fully saturated rings. The van der Waals surface area contributed by atoms with Crippen molar-refractivity contribution in [3.8, 4) is 5.75 Å². The predicted octanol–water partition coefficient (Wildman–Crippen LogP) is 5.20. The van der Waals surface area contributed by atoms with Crippen molar-refractivity contribution in [1.29, 1.82) is 0 Å². The van der Waals surface area contributed by atoms with Gasteiger partial charge in [-0.25, -0.2) is 4.39 Å². The van der Waals surface area contributed by atoms with Crippen LogP contribution >= 0.6 is 11.8 Å². The number of piperidine rings is 1. The van der Waals surface area contributed by atoms with Gasteiger partial charge in [0.2, 0.25) is 0 Å². The number of carboxylic acid groups (broad SMARTS) is 1. The topological polar surface area (TPSA) is 62.7 Å². The van der Waals surface area contributed by atoms with Gasteiger partial charge in [-0.15, -0.1) is 0 Å². The van der Waals surface area contributed by atoms with Crippen LogP contribution in [0.1, 0.15) is 44.3 Å². The largest absolute Gasteiger partial charge is 0.497 e. The maximum atomic E-state index is 15.3. The van der Waals surface area contributed by atoms with Crippen molar-refractivity contribution in [1.82, 2.24) is 9.88 Å². The normalized spacial score (nSPS) is 20.6. The highest BCUT2D eigenvalue weighted by molar-refractivity contribution is 7.99. The highest BCUT2D eigenvalue weighted by atomic mass is 32.2. The molecule has 0 saturated carbocycles. The second-order valence-corrected chi connectivity index (χ2v) is 9.57. The standard InChI is InChI=1S/C24H33FN2O3S/c1-3-31-14-4-12-27-13-10-17(21(16-27)24(28)29)5-7-22(25)19-9-11-26-23-8-6-18(30-2)15-20(19)23/h6,8-9,11,15,17,21-22H,3-5,7,10,12-14,16H2,1-2H3,(H,28,29)/t17-,21+,22-/m1/s1. The lowest BCUT2D eigenvalue weighted by molar-refractivity contribution is -0.146. The first kappa shape index (κ1) is 23.8. The zero-order valence-electron chi connectivity index (χ0n) is 18.4. The van der Waals surface area contributed by atoms with E-state index in [1.807, 2.05) is 30.0 Å². The molecule has 1 saturated heterocycles. The number of pyridine rings is 1. The number of alkyl halides is 1. The number of aliphatic carboxylic acids is 1. The molecule has 0 radical (unpaired) electrons. The molecule has 0 aliphatic carbocycles. The highest BCUT2D eigenvalue weighted by Crippen LogP contribution is 2.35. The molecule has 1 aromatic carbocycles. The van der Waals surface area contributed by atoms with Gasteiger partial charge in [-0.1, -0.05) is 6.92 Å². The molecule has 0 amide bonds. The van der Waals surface area contributed by atoms with Crippen molar-refractivity contribution in [3.63, 3.8) is 0 Å². The summed E-state index contributed by atoms with van der Waals surface area (Å²) in [4.78, 5) is 18.5. The quantitative estimate of drug-likeness (QED) is 0.477. The van der Waals surface area contributed by atoms with Gasteiger partial charge < -0.3 is 14.7 Å². The van der Waals surface area contributed by atoms with Crippen molar-refractivity contribution < 1.29 is 19.0 Å². The molecule has 5 nitrogen and oxygen atoms in total. The Balaban J connectivity index is 1.61. The van der Waals surface area contributed by atoms with Crippen LogP contribution in [0.15, 0.2) is 30.5 Å². The summed E-state index contributed by atoms with van der Waals surface area (Å²) >= 11 is 1.92. The van der Waals surface area contributed by atoms with Crippen LogP contribution in [0.25, 0.3) is 10.9 Å². The minimum atomic E-state index is -1.16. The van der Waals surface area contributed by atoms with E-state index in [2.05, 4.69) is 16.8 Å². The van der Waals surface area contributed by atoms with E-state index in [1.54, 1.807) is 19.4 Å². The van der Waals surface area contributed by atoms with Gasteiger partial charge in [0, 0.05) is 18.1 Å². The van der Waals surface area contributed by atoms with E-state index in [0.29, 0.717) is 30.7 Å². The molecular formula is C24H33FN2O3S. The number of hydrogen-bond donors (Lipinski definition) is 1. The second kappa shape index (κ2) is 11.7. The monoisotopic (exact) mass is 448 g/mol. The fourth-order valence-corrected chi connectivity index (χ4v) is 5.12. The van der Waals surface area contributed by atoms with Gasteiger partial charge in [-0.2, -0.15) is 11.8 Å². The number of methoxy groups -OCH3 is 1. The Morgan fingerprint density at radius 2 is 2.26 bits per heavy atom. The lowest BCUT2D eigenvalue weighted by Crippen LogP contribution is -2.44. The molecule has 31 heavy (non-hydrogen) atoms. The summed E-state index contributed by atoms with van der Waals surface area (Å²) in [6.45, 7) is 4.57. The number of carboxylic acids is 1. The molecular weight excluding hydrogens is 415 g/mol. The predicted molar refractivity (Wildman–Crippen MR) is 125 cm³/mol. The van der Waals surface area contributed by atoms with Crippen LogP contribution in [0.2, 0.25) is 0 Å². The van der Waals surface area contributed by atoms with Crippen LogP contribution in [0.5, 0.6) is 5.75 Å². The van der Waals surface area contributed by atoms with E-state index < -0.39 is 18.1 Å². The van der Waals surface area contributed by atoms with Crippen molar-refractivity contribution >= 4 is 28.6 Å². The number of carbonyl (C=O) groups is 1. The van der Waals surface area contributed by atoms with E-state index in [1.165, 1.54) is 0 Å². The van der Waals surface area contributed by atoms with E-state index >= 15 is 4.39 Å². The summed E-state index contributed by atoms with van der Waals surface area (Å²) < 4.78 is 20.6. The molecule has 0 spiro atoms. The maximum absolute atomic E-state index is 15.3. The number of thioether (sulfide) groups is 1. The molecule has 7 heteroatoms. The van der Waals surface area contributed by atoms with Crippen LogP contribution < -0.4 is 4.74 Å². The summed E-state index contributed by atoms with van der Waals surface area (Å²) in [5, 5.41) is 10.5. The number of likely N-dealkylation sites (tertiary alicyclic amines) is 1. The minimum absolute atomic E-state index is 0.0136. The van der Waals surface area contributed by atoms with Gasteiger partial charge in [0.1, 0.15) is 11.9 Å². The summed E-state index contributed by atoms with van der Waals surface area (Å²) in [7, 11) is 1.59. The van der Waals surface area contributed by atoms with Gasteiger partial charge in [-0.05, 0) is 86.0 Å². The molecule has 170 valence electrons. The highest BCUT2D eigenvalue weighted by Gasteiger charge is 2.34. The Kier molecular flexibility index (Phi) is 8.96. The number of aromatic nitrogens is 1. The number of ether oxygens (including phenoxy) is 1. The summed E-state index contributed by atoms with van der Waals surface area (Å²) in [5.74, 6) is 1.73. The fourth-order valence-electron chi connectivity index (χ4n) is 4.49. The number of fused-ring (bicyclic) bond motifs is 1. The summed E-state index contributed by atoms with van der Waals surface area (Å²) in [5.41, 5.74) is 1.33.